The molecule has 0 aromatic carbocycles. The first-order chi connectivity index (χ1) is 11.3. The molecule has 6 nitrogen and oxygen atoms in total. The Morgan fingerprint density at radius 1 is 1.48 bits per heavy atom. The SMILES string of the molecule is N#CB1CCCC(c2cc(N)n3ncc(-c4ccoc4)c3n2)C1. The van der Waals surface area contributed by atoms with Crippen molar-refractivity contribution in [1.82, 2.24) is 14.6 Å². The molecular weight excluding hydrogens is 289 g/mol. The molecule has 4 heterocycles. The number of hydrogen-bond donors (Lipinski definition) is 1. The predicted octanol–water partition coefficient (Wildman–Crippen LogP) is 3.01. The smallest absolute Gasteiger partial charge is 0.268 e. The van der Waals surface area contributed by atoms with Crippen LogP contribution >= 0.6 is 0 Å². The highest BCUT2D eigenvalue weighted by Gasteiger charge is 2.28. The topological polar surface area (TPSA) is 93.1 Å². The third-order valence-electron chi connectivity index (χ3n) is 4.63. The van der Waals surface area contributed by atoms with Gasteiger partial charge < -0.3 is 10.2 Å². The molecule has 23 heavy (non-hydrogen) atoms. The number of nitrogens with two attached hydrogens (primary N) is 1. The lowest BCUT2D eigenvalue weighted by atomic mass is 9.41. The molecule has 0 radical (unpaired) electrons. The molecule has 3 aromatic rings. The van der Waals surface area contributed by atoms with Crippen LogP contribution in [-0.4, -0.2) is 21.3 Å². The van der Waals surface area contributed by atoms with Crippen molar-refractivity contribution in [2.45, 2.75) is 31.4 Å². The summed E-state index contributed by atoms with van der Waals surface area (Å²) in [6.07, 6.45) is 9.01. The van der Waals surface area contributed by atoms with Gasteiger partial charge in [0, 0.05) is 28.9 Å². The van der Waals surface area contributed by atoms with Crippen LogP contribution in [0.4, 0.5) is 5.82 Å². The number of hydrogen-bond acceptors (Lipinski definition) is 5. The second-order valence-corrected chi connectivity index (χ2v) is 6.10. The molecule has 114 valence electrons. The number of aromatic nitrogens is 3. The van der Waals surface area contributed by atoms with Gasteiger partial charge >= 0.3 is 0 Å². The van der Waals surface area contributed by atoms with E-state index in [2.05, 4.69) is 11.1 Å². The Labute approximate surface area is 134 Å². The zero-order valence-corrected chi connectivity index (χ0v) is 12.6. The number of nitrogen functional groups attached to an aromatic ring is 1. The van der Waals surface area contributed by atoms with Crippen LogP contribution in [0.5, 0.6) is 0 Å². The summed E-state index contributed by atoms with van der Waals surface area (Å²) in [4.78, 5) is 4.81. The maximum absolute atomic E-state index is 9.20. The quantitative estimate of drug-likeness (QED) is 0.734. The average molecular weight is 305 g/mol. The van der Waals surface area contributed by atoms with Gasteiger partial charge in [0.15, 0.2) is 5.65 Å². The lowest BCUT2D eigenvalue weighted by Crippen LogP contribution is -2.21. The Balaban J connectivity index is 1.80. The largest absolute Gasteiger partial charge is 0.472 e. The summed E-state index contributed by atoms with van der Waals surface area (Å²) in [7, 11) is 0. The molecule has 2 N–H and O–H groups in total. The number of rotatable bonds is 2. The summed E-state index contributed by atoms with van der Waals surface area (Å²) in [6.45, 7) is 0.117. The van der Waals surface area contributed by atoms with Crippen LogP contribution in [0.3, 0.4) is 0 Å². The first-order valence-electron chi connectivity index (χ1n) is 7.82. The third kappa shape index (κ3) is 2.36. The molecular formula is C16H16BN5O. The van der Waals surface area contributed by atoms with E-state index >= 15 is 0 Å². The van der Waals surface area contributed by atoms with Crippen molar-refractivity contribution in [2.75, 3.05) is 5.73 Å². The molecule has 0 amide bonds. The normalized spacial score (nSPS) is 18.2. The maximum Gasteiger partial charge on any atom is 0.268 e. The molecule has 1 saturated heterocycles. The van der Waals surface area contributed by atoms with Crippen LogP contribution in [0.2, 0.25) is 12.6 Å². The highest BCUT2D eigenvalue weighted by molar-refractivity contribution is 6.67. The highest BCUT2D eigenvalue weighted by Crippen LogP contribution is 2.34. The number of nitrogens with zero attached hydrogens (tertiary/aromatic N) is 4. The predicted molar refractivity (Wildman–Crippen MR) is 88.1 cm³/mol. The Kier molecular flexibility index (Phi) is 3.30. The van der Waals surface area contributed by atoms with Gasteiger partial charge in [-0.15, -0.1) is 0 Å². The molecule has 7 heteroatoms. The van der Waals surface area contributed by atoms with Crippen molar-refractivity contribution < 1.29 is 4.42 Å². The third-order valence-corrected chi connectivity index (χ3v) is 4.63. The first kappa shape index (κ1) is 13.9. The molecule has 1 aliphatic heterocycles. The van der Waals surface area contributed by atoms with Crippen molar-refractivity contribution in [3.63, 3.8) is 0 Å². The van der Waals surface area contributed by atoms with Crippen molar-refractivity contribution >= 4 is 18.2 Å². The summed E-state index contributed by atoms with van der Waals surface area (Å²) in [6, 6.07) is 3.78. The summed E-state index contributed by atoms with van der Waals surface area (Å²) < 4.78 is 6.81. The Hall–Kier alpha value is -2.75. The standard InChI is InChI=1S/C16H16BN5O/c18-10-17-4-1-2-11(7-17)14-6-15(19)22-16(21-14)13(8-20-22)12-3-5-23-9-12/h3,5-6,8-9,11H,1-2,4,7,19H2. The van der Waals surface area contributed by atoms with Gasteiger partial charge in [-0.05, 0) is 18.4 Å². The van der Waals surface area contributed by atoms with Gasteiger partial charge in [-0.2, -0.15) is 9.61 Å². The van der Waals surface area contributed by atoms with E-state index in [9.17, 15) is 5.26 Å². The lowest BCUT2D eigenvalue weighted by Gasteiger charge is -2.23. The zero-order valence-electron chi connectivity index (χ0n) is 12.6. The van der Waals surface area contributed by atoms with Gasteiger partial charge in [0.05, 0.1) is 18.7 Å². The Morgan fingerprint density at radius 2 is 2.39 bits per heavy atom. The van der Waals surface area contributed by atoms with E-state index in [1.54, 1.807) is 23.2 Å². The molecule has 1 atom stereocenters. The van der Waals surface area contributed by atoms with Gasteiger partial charge in [-0.25, -0.2) is 10.2 Å². The number of fused-ring (bicyclic) bond motifs is 1. The molecule has 4 rings (SSSR count). The summed E-state index contributed by atoms with van der Waals surface area (Å²) in [5, 5.41) is 13.5. The number of furan rings is 1. The second kappa shape index (κ2) is 5.47. The van der Waals surface area contributed by atoms with Gasteiger partial charge in [-0.3, -0.25) is 0 Å². The van der Waals surface area contributed by atoms with Crippen molar-refractivity contribution in [3.05, 3.63) is 36.5 Å². The minimum atomic E-state index is 0.117. The first-order valence-corrected chi connectivity index (χ1v) is 7.82. The molecule has 1 unspecified atom stereocenters. The van der Waals surface area contributed by atoms with Crippen molar-refractivity contribution in [2.24, 2.45) is 0 Å². The van der Waals surface area contributed by atoms with E-state index in [4.69, 9.17) is 15.1 Å². The Bertz CT molecular complexity index is 880. The Morgan fingerprint density at radius 3 is 3.17 bits per heavy atom. The van der Waals surface area contributed by atoms with Crippen LogP contribution in [0.15, 0.2) is 35.3 Å². The van der Waals surface area contributed by atoms with Crippen LogP contribution in [0.1, 0.15) is 24.5 Å². The highest BCUT2D eigenvalue weighted by atomic mass is 16.3. The van der Waals surface area contributed by atoms with E-state index in [0.717, 1.165) is 47.9 Å². The van der Waals surface area contributed by atoms with E-state index in [-0.39, 0.29) is 12.6 Å². The van der Waals surface area contributed by atoms with Crippen LogP contribution in [0, 0.1) is 11.2 Å². The van der Waals surface area contributed by atoms with E-state index in [1.807, 2.05) is 12.1 Å². The van der Waals surface area contributed by atoms with Crippen molar-refractivity contribution in [1.29, 1.82) is 5.26 Å². The summed E-state index contributed by atoms with van der Waals surface area (Å²) >= 11 is 0. The van der Waals surface area contributed by atoms with E-state index < -0.39 is 0 Å². The summed E-state index contributed by atoms with van der Waals surface area (Å²) in [5.41, 5.74) is 9.70. The lowest BCUT2D eigenvalue weighted by molar-refractivity contribution is 0.568. The number of nitriles is 1. The fraction of sp³-hybridized carbons (Fsp3) is 0.312. The number of anilines is 1. The molecule has 1 aliphatic rings. The minimum Gasteiger partial charge on any atom is -0.472 e. The summed E-state index contributed by atoms with van der Waals surface area (Å²) in [5.74, 6) is 3.25. The van der Waals surface area contributed by atoms with Gasteiger partial charge in [-0.1, -0.05) is 19.1 Å². The molecule has 0 bridgehead atoms. The van der Waals surface area contributed by atoms with E-state index in [0.29, 0.717) is 5.82 Å². The minimum absolute atomic E-state index is 0.117. The van der Waals surface area contributed by atoms with Crippen LogP contribution in [0.25, 0.3) is 16.8 Å². The van der Waals surface area contributed by atoms with Gasteiger partial charge in [0.25, 0.3) is 6.71 Å². The monoisotopic (exact) mass is 305 g/mol. The average Bonchev–Trinajstić information content (AvgIpc) is 3.23. The van der Waals surface area contributed by atoms with Crippen molar-refractivity contribution in [3.8, 4) is 17.1 Å². The molecule has 0 spiro atoms. The molecule has 1 fully saturated rings. The molecule has 0 aliphatic carbocycles. The molecule has 0 saturated carbocycles. The maximum atomic E-state index is 9.20. The second-order valence-electron chi connectivity index (χ2n) is 6.10. The van der Waals surface area contributed by atoms with Crippen LogP contribution in [-0.2, 0) is 0 Å². The fourth-order valence-electron chi connectivity index (χ4n) is 3.41. The van der Waals surface area contributed by atoms with Gasteiger partial charge in [0.2, 0.25) is 0 Å². The zero-order chi connectivity index (χ0) is 15.8. The van der Waals surface area contributed by atoms with Gasteiger partial charge in [0.1, 0.15) is 5.82 Å². The van der Waals surface area contributed by atoms with E-state index in [1.165, 1.54) is 0 Å². The van der Waals surface area contributed by atoms with Crippen LogP contribution < -0.4 is 5.73 Å². The fourth-order valence-corrected chi connectivity index (χ4v) is 3.41. The molecule has 3 aromatic heterocycles.